The minimum atomic E-state index is -0.579. The van der Waals surface area contributed by atoms with Gasteiger partial charge in [0, 0.05) is 5.41 Å². The normalized spacial score (nSPS) is 11.7. The van der Waals surface area contributed by atoms with E-state index in [9.17, 15) is 14.4 Å². The summed E-state index contributed by atoms with van der Waals surface area (Å²) >= 11 is 0. The maximum absolute atomic E-state index is 13.2. The third-order valence-electron chi connectivity index (χ3n) is 4.45. The second-order valence-corrected chi connectivity index (χ2v) is 7.54. The van der Waals surface area contributed by atoms with Gasteiger partial charge in [0.1, 0.15) is 0 Å². The van der Waals surface area contributed by atoms with Gasteiger partial charge in [0.05, 0.1) is 23.1 Å². The van der Waals surface area contributed by atoms with Gasteiger partial charge >= 0.3 is 5.69 Å². The number of aromatic nitrogens is 2. The molecule has 2 aromatic carbocycles. The van der Waals surface area contributed by atoms with E-state index in [-0.39, 0.29) is 17.9 Å². The van der Waals surface area contributed by atoms with Gasteiger partial charge in [0.15, 0.2) is 5.78 Å². The van der Waals surface area contributed by atoms with Crippen molar-refractivity contribution in [2.24, 2.45) is 5.41 Å². The number of Topliss-reactive ketones (excluding diaryl/α,β-unsaturated/α-hetero) is 1. The molecule has 3 rings (SSSR count). The lowest BCUT2D eigenvalue weighted by Gasteiger charge is -2.19. The van der Waals surface area contributed by atoms with Crippen LogP contribution in [0.3, 0.4) is 0 Å². The number of carbonyl (C=O) groups excluding carboxylic acids is 1. The number of rotatable bonds is 3. The Balaban J connectivity index is 2.36. The Bertz CT molecular complexity index is 1110. The van der Waals surface area contributed by atoms with Crippen LogP contribution in [0.15, 0.2) is 58.1 Å². The van der Waals surface area contributed by atoms with E-state index in [0.717, 1.165) is 10.1 Å². The molecule has 0 aliphatic rings. The molecule has 0 bridgehead atoms. The maximum Gasteiger partial charge on any atom is 0.336 e. The van der Waals surface area contributed by atoms with Crippen LogP contribution in [0.5, 0.6) is 0 Å². The van der Waals surface area contributed by atoms with Gasteiger partial charge in [-0.05, 0) is 36.8 Å². The third-order valence-corrected chi connectivity index (χ3v) is 4.45. The van der Waals surface area contributed by atoms with E-state index >= 15 is 0 Å². The molecule has 0 N–H and O–H groups in total. The molecule has 1 heterocycles. The predicted octanol–water partition coefficient (Wildman–Crippen LogP) is 3.08. The maximum atomic E-state index is 13.2. The molecular weight excluding hydrogens is 328 g/mol. The number of benzene rings is 2. The summed E-state index contributed by atoms with van der Waals surface area (Å²) in [4.78, 5) is 38.7. The first-order valence-corrected chi connectivity index (χ1v) is 8.55. The minimum absolute atomic E-state index is 0.0702. The van der Waals surface area contributed by atoms with E-state index in [1.807, 2.05) is 33.8 Å². The van der Waals surface area contributed by atoms with Gasteiger partial charge in [-0.3, -0.25) is 14.2 Å². The Morgan fingerprint density at radius 1 is 1.00 bits per heavy atom. The number of para-hydroxylation sites is 1. The van der Waals surface area contributed by atoms with Crippen LogP contribution < -0.4 is 11.2 Å². The molecule has 0 amide bonds. The molecule has 0 spiro atoms. The van der Waals surface area contributed by atoms with E-state index in [4.69, 9.17) is 0 Å². The minimum Gasteiger partial charge on any atom is -0.297 e. The smallest absolute Gasteiger partial charge is 0.297 e. The van der Waals surface area contributed by atoms with Gasteiger partial charge < -0.3 is 0 Å². The van der Waals surface area contributed by atoms with Crippen LogP contribution in [0, 0.1) is 12.3 Å². The first-order valence-electron chi connectivity index (χ1n) is 8.55. The molecule has 0 saturated carbocycles. The van der Waals surface area contributed by atoms with Crippen LogP contribution in [-0.2, 0) is 11.3 Å². The standard InChI is InChI=1S/C21H22N2O3/c1-14-8-7-9-15(12-14)23-19(25)16-10-5-6-11-17(16)22(20(23)26)13-18(24)21(2,3)4/h5-12H,13H2,1-4H3. The average Bonchev–Trinajstić information content (AvgIpc) is 2.58. The van der Waals surface area contributed by atoms with Crippen LogP contribution >= 0.6 is 0 Å². The van der Waals surface area contributed by atoms with Crippen LogP contribution in [0.4, 0.5) is 0 Å². The summed E-state index contributed by atoms with van der Waals surface area (Å²) in [5.74, 6) is -0.0702. The summed E-state index contributed by atoms with van der Waals surface area (Å²) in [6, 6.07) is 14.1. The zero-order chi connectivity index (χ0) is 19.1. The summed E-state index contributed by atoms with van der Waals surface area (Å²) in [5.41, 5.74) is 0.462. The van der Waals surface area contributed by atoms with Gasteiger partial charge in [-0.1, -0.05) is 45.0 Å². The number of nitrogens with zero attached hydrogens (tertiary/aromatic N) is 2. The van der Waals surface area contributed by atoms with Crippen molar-refractivity contribution >= 4 is 16.7 Å². The molecule has 0 atom stereocenters. The fraction of sp³-hybridized carbons (Fsp3) is 0.286. The molecule has 3 aromatic rings. The Hall–Kier alpha value is -2.95. The predicted molar refractivity (Wildman–Crippen MR) is 103 cm³/mol. The van der Waals surface area contributed by atoms with Crippen LogP contribution in [-0.4, -0.2) is 14.9 Å². The molecule has 0 aliphatic heterocycles. The molecule has 0 aliphatic carbocycles. The summed E-state index contributed by atoms with van der Waals surface area (Å²) in [6.07, 6.45) is 0. The fourth-order valence-corrected chi connectivity index (χ4v) is 2.85. The number of hydrogen-bond donors (Lipinski definition) is 0. The molecule has 5 heteroatoms. The zero-order valence-corrected chi connectivity index (χ0v) is 15.4. The highest BCUT2D eigenvalue weighted by molar-refractivity contribution is 5.86. The Labute approximate surface area is 151 Å². The largest absolute Gasteiger partial charge is 0.336 e. The highest BCUT2D eigenvalue weighted by Crippen LogP contribution is 2.17. The van der Waals surface area contributed by atoms with E-state index < -0.39 is 11.1 Å². The van der Waals surface area contributed by atoms with Crippen molar-refractivity contribution < 1.29 is 4.79 Å². The summed E-state index contributed by atoms with van der Waals surface area (Å²) in [6.45, 7) is 7.28. The first-order chi connectivity index (χ1) is 12.2. The summed E-state index contributed by atoms with van der Waals surface area (Å²) < 4.78 is 2.54. The molecule has 5 nitrogen and oxygen atoms in total. The SMILES string of the molecule is Cc1cccc(-n2c(=O)c3ccccc3n(CC(=O)C(C)(C)C)c2=O)c1. The number of hydrogen-bond acceptors (Lipinski definition) is 3. The molecule has 0 saturated heterocycles. The van der Waals surface area contributed by atoms with E-state index in [0.29, 0.717) is 16.6 Å². The topological polar surface area (TPSA) is 61.1 Å². The van der Waals surface area contributed by atoms with Crippen LogP contribution in [0.2, 0.25) is 0 Å². The van der Waals surface area contributed by atoms with Crippen molar-refractivity contribution in [3.63, 3.8) is 0 Å². The lowest BCUT2D eigenvalue weighted by atomic mass is 9.91. The zero-order valence-electron chi connectivity index (χ0n) is 15.4. The number of carbonyl (C=O) groups is 1. The Kier molecular flexibility index (Phi) is 4.40. The lowest BCUT2D eigenvalue weighted by molar-refractivity contribution is -0.126. The fourth-order valence-electron chi connectivity index (χ4n) is 2.85. The lowest BCUT2D eigenvalue weighted by Crippen LogP contribution is -2.41. The summed E-state index contributed by atoms with van der Waals surface area (Å²) in [7, 11) is 0. The van der Waals surface area contributed by atoms with E-state index in [1.165, 1.54) is 4.57 Å². The van der Waals surface area contributed by atoms with Gasteiger partial charge in [-0.25, -0.2) is 9.36 Å². The van der Waals surface area contributed by atoms with Crippen LogP contribution in [0.25, 0.3) is 16.6 Å². The van der Waals surface area contributed by atoms with E-state index in [1.54, 1.807) is 42.5 Å². The highest BCUT2D eigenvalue weighted by Gasteiger charge is 2.24. The van der Waals surface area contributed by atoms with Crippen molar-refractivity contribution in [3.8, 4) is 5.69 Å². The molecule has 0 unspecified atom stereocenters. The van der Waals surface area contributed by atoms with E-state index in [2.05, 4.69) is 0 Å². The molecular formula is C21H22N2O3. The number of aryl methyl sites for hydroxylation is 1. The van der Waals surface area contributed by atoms with Gasteiger partial charge in [-0.2, -0.15) is 0 Å². The first kappa shape index (κ1) is 17.9. The Morgan fingerprint density at radius 3 is 2.35 bits per heavy atom. The second kappa shape index (κ2) is 6.41. The third kappa shape index (κ3) is 3.12. The average molecular weight is 350 g/mol. The molecule has 0 fully saturated rings. The van der Waals surface area contributed by atoms with Gasteiger partial charge in [0.2, 0.25) is 0 Å². The summed E-state index contributed by atoms with van der Waals surface area (Å²) in [5, 5.41) is 0.412. The molecule has 1 aromatic heterocycles. The molecule has 26 heavy (non-hydrogen) atoms. The van der Waals surface area contributed by atoms with Gasteiger partial charge in [0.25, 0.3) is 5.56 Å². The molecule has 134 valence electrons. The molecule has 0 radical (unpaired) electrons. The second-order valence-electron chi connectivity index (χ2n) is 7.54. The van der Waals surface area contributed by atoms with Gasteiger partial charge in [-0.15, -0.1) is 0 Å². The van der Waals surface area contributed by atoms with Crippen molar-refractivity contribution in [2.45, 2.75) is 34.2 Å². The monoisotopic (exact) mass is 350 g/mol. The number of fused-ring (bicyclic) bond motifs is 1. The van der Waals surface area contributed by atoms with Crippen molar-refractivity contribution in [2.75, 3.05) is 0 Å². The highest BCUT2D eigenvalue weighted by atomic mass is 16.2. The number of ketones is 1. The van der Waals surface area contributed by atoms with Crippen molar-refractivity contribution in [1.29, 1.82) is 0 Å². The van der Waals surface area contributed by atoms with Crippen molar-refractivity contribution in [1.82, 2.24) is 9.13 Å². The quantitative estimate of drug-likeness (QED) is 0.729. The Morgan fingerprint density at radius 2 is 1.69 bits per heavy atom. The van der Waals surface area contributed by atoms with Crippen LogP contribution in [0.1, 0.15) is 26.3 Å². The van der Waals surface area contributed by atoms with Crippen molar-refractivity contribution in [3.05, 3.63) is 74.9 Å².